The van der Waals surface area contributed by atoms with Crippen molar-refractivity contribution in [1.82, 2.24) is 9.97 Å². The predicted molar refractivity (Wildman–Crippen MR) is 59.4 cm³/mol. The van der Waals surface area contributed by atoms with Crippen LogP contribution < -0.4 is 0 Å². The average molecular weight is 235 g/mol. The quantitative estimate of drug-likeness (QED) is 0.867. The maximum Gasteiger partial charge on any atom is 0.355 e. The molecule has 80 valence electrons. The van der Waals surface area contributed by atoms with Crippen molar-refractivity contribution in [2.24, 2.45) is 0 Å². The molecule has 0 radical (unpaired) electrons. The monoisotopic (exact) mass is 234 g/mol. The molecule has 0 aliphatic carbocycles. The highest BCUT2D eigenvalue weighted by atomic mass is 35.5. The fourth-order valence-electron chi connectivity index (χ4n) is 1.34. The van der Waals surface area contributed by atoms with Gasteiger partial charge in [-0.2, -0.15) is 0 Å². The zero-order chi connectivity index (χ0) is 11.5. The van der Waals surface area contributed by atoms with E-state index in [1.807, 2.05) is 0 Å². The van der Waals surface area contributed by atoms with Gasteiger partial charge in [0.05, 0.1) is 0 Å². The van der Waals surface area contributed by atoms with Gasteiger partial charge >= 0.3 is 5.97 Å². The number of halogens is 1. The van der Waals surface area contributed by atoms with E-state index < -0.39 is 5.97 Å². The third-order valence-electron chi connectivity index (χ3n) is 2.07. The van der Waals surface area contributed by atoms with Crippen LogP contribution in [0.25, 0.3) is 11.1 Å². The lowest BCUT2D eigenvalue weighted by atomic mass is 10.1. The topological polar surface area (TPSA) is 63.1 Å². The van der Waals surface area contributed by atoms with Crippen LogP contribution in [-0.4, -0.2) is 21.0 Å². The summed E-state index contributed by atoms with van der Waals surface area (Å²) in [5, 5.41) is 9.56. The average Bonchev–Trinajstić information content (AvgIpc) is 2.30. The van der Waals surface area contributed by atoms with Crippen molar-refractivity contribution in [2.75, 3.05) is 0 Å². The van der Waals surface area contributed by atoms with Gasteiger partial charge in [0.1, 0.15) is 6.33 Å². The fraction of sp³-hybridized carbons (Fsp3) is 0. The van der Waals surface area contributed by atoms with E-state index in [-0.39, 0.29) is 5.69 Å². The molecule has 0 aliphatic rings. The molecule has 0 bridgehead atoms. The summed E-state index contributed by atoms with van der Waals surface area (Å²) in [5.74, 6) is -1.08. The summed E-state index contributed by atoms with van der Waals surface area (Å²) < 4.78 is 0. The molecule has 0 saturated heterocycles. The van der Waals surface area contributed by atoms with E-state index >= 15 is 0 Å². The first kappa shape index (κ1) is 10.6. The minimum absolute atomic E-state index is 0.0164. The lowest BCUT2D eigenvalue weighted by Gasteiger charge is -2.03. The van der Waals surface area contributed by atoms with E-state index in [4.69, 9.17) is 16.7 Å². The van der Waals surface area contributed by atoms with Crippen LogP contribution in [0.4, 0.5) is 0 Å². The van der Waals surface area contributed by atoms with Crippen molar-refractivity contribution >= 4 is 17.6 Å². The van der Waals surface area contributed by atoms with Crippen molar-refractivity contribution in [3.63, 3.8) is 0 Å². The normalized spacial score (nSPS) is 10.1. The summed E-state index contributed by atoms with van der Waals surface area (Å²) in [6.45, 7) is 0. The second-order valence-electron chi connectivity index (χ2n) is 3.10. The number of hydrogen-bond acceptors (Lipinski definition) is 3. The molecule has 16 heavy (non-hydrogen) atoms. The minimum Gasteiger partial charge on any atom is -0.476 e. The van der Waals surface area contributed by atoms with Crippen LogP contribution in [0.5, 0.6) is 0 Å². The molecule has 0 amide bonds. The van der Waals surface area contributed by atoms with Crippen molar-refractivity contribution < 1.29 is 9.90 Å². The number of aromatic carboxylic acids is 1. The van der Waals surface area contributed by atoms with Gasteiger partial charge < -0.3 is 5.11 Å². The Morgan fingerprint density at radius 1 is 1.25 bits per heavy atom. The fourth-order valence-corrected chi connectivity index (χ4v) is 1.47. The van der Waals surface area contributed by atoms with E-state index in [0.29, 0.717) is 10.6 Å². The Labute approximate surface area is 96.6 Å². The van der Waals surface area contributed by atoms with Gasteiger partial charge in [-0.15, -0.1) is 0 Å². The summed E-state index contributed by atoms with van der Waals surface area (Å²) in [4.78, 5) is 18.5. The molecule has 0 atom stereocenters. The van der Waals surface area contributed by atoms with E-state index in [1.54, 1.807) is 24.3 Å². The lowest BCUT2D eigenvalue weighted by molar-refractivity contribution is 0.0691. The zero-order valence-corrected chi connectivity index (χ0v) is 8.85. The first-order valence-corrected chi connectivity index (χ1v) is 4.85. The Balaban J connectivity index is 2.55. The van der Waals surface area contributed by atoms with Crippen molar-refractivity contribution in [3.05, 3.63) is 47.5 Å². The van der Waals surface area contributed by atoms with Gasteiger partial charge in [-0.1, -0.05) is 23.7 Å². The molecule has 0 aliphatic heterocycles. The second kappa shape index (κ2) is 4.28. The molecule has 2 rings (SSSR count). The Bertz CT molecular complexity index is 526. The second-order valence-corrected chi connectivity index (χ2v) is 3.53. The van der Waals surface area contributed by atoms with E-state index in [1.165, 1.54) is 12.5 Å². The Kier molecular flexibility index (Phi) is 2.83. The third kappa shape index (κ3) is 2.01. The third-order valence-corrected chi connectivity index (χ3v) is 2.32. The van der Waals surface area contributed by atoms with E-state index in [9.17, 15) is 4.79 Å². The van der Waals surface area contributed by atoms with Gasteiger partial charge in [-0.05, 0) is 17.7 Å². The van der Waals surface area contributed by atoms with Crippen LogP contribution in [0, 0.1) is 0 Å². The summed E-state index contributed by atoms with van der Waals surface area (Å²) in [7, 11) is 0. The largest absolute Gasteiger partial charge is 0.476 e. The highest BCUT2D eigenvalue weighted by Crippen LogP contribution is 2.22. The maximum atomic E-state index is 10.9. The van der Waals surface area contributed by atoms with Gasteiger partial charge in [0.2, 0.25) is 0 Å². The summed E-state index contributed by atoms with van der Waals surface area (Å²) in [5.41, 5.74) is 1.19. The number of carbonyl (C=O) groups is 1. The molecule has 0 spiro atoms. The Hall–Kier alpha value is -1.94. The molecule has 1 heterocycles. The van der Waals surface area contributed by atoms with Gasteiger partial charge in [0.15, 0.2) is 5.69 Å². The Morgan fingerprint density at radius 3 is 2.56 bits per heavy atom. The van der Waals surface area contributed by atoms with Gasteiger partial charge in [0, 0.05) is 16.8 Å². The first-order chi connectivity index (χ1) is 7.68. The smallest absolute Gasteiger partial charge is 0.355 e. The SMILES string of the molecule is O=C(O)c1ncncc1-c1ccc(Cl)cc1. The zero-order valence-electron chi connectivity index (χ0n) is 8.09. The number of benzene rings is 1. The standard InChI is InChI=1S/C11H7ClN2O2/c12-8-3-1-7(2-4-8)9-5-13-6-14-10(9)11(15)16/h1-6H,(H,15,16). The van der Waals surface area contributed by atoms with Crippen LogP contribution in [-0.2, 0) is 0 Å². The van der Waals surface area contributed by atoms with Crippen molar-refractivity contribution in [1.29, 1.82) is 0 Å². The molecule has 4 nitrogen and oxygen atoms in total. The number of carboxylic acid groups (broad SMARTS) is 1. The minimum atomic E-state index is -1.08. The molecule has 0 saturated carbocycles. The number of aromatic nitrogens is 2. The van der Waals surface area contributed by atoms with Crippen LogP contribution in [0.15, 0.2) is 36.8 Å². The summed E-state index contributed by atoms with van der Waals surface area (Å²) in [6, 6.07) is 6.84. The van der Waals surface area contributed by atoms with Crippen LogP contribution in [0.2, 0.25) is 5.02 Å². The van der Waals surface area contributed by atoms with Gasteiger partial charge in [0.25, 0.3) is 0 Å². The molecular formula is C11H7ClN2O2. The molecule has 1 aromatic carbocycles. The first-order valence-electron chi connectivity index (χ1n) is 4.47. The van der Waals surface area contributed by atoms with Crippen molar-refractivity contribution in [2.45, 2.75) is 0 Å². The number of rotatable bonds is 2. The van der Waals surface area contributed by atoms with Crippen LogP contribution >= 0.6 is 11.6 Å². The van der Waals surface area contributed by atoms with Crippen molar-refractivity contribution in [3.8, 4) is 11.1 Å². The molecular weight excluding hydrogens is 228 g/mol. The number of nitrogens with zero attached hydrogens (tertiary/aromatic N) is 2. The van der Waals surface area contributed by atoms with Crippen LogP contribution in [0.3, 0.4) is 0 Å². The van der Waals surface area contributed by atoms with Crippen LogP contribution in [0.1, 0.15) is 10.5 Å². The molecule has 2 aromatic rings. The molecule has 0 unspecified atom stereocenters. The highest BCUT2D eigenvalue weighted by Gasteiger charge is 2.12. The predicted octanol–water partition coefficient (Wildman–Crippen LogP) is 2.50. The number of carboxylic acids is 1. The van der Waals surface area contributed by atoms with Gasteiger partial charge in [-0.3, -0.25) is 0 Å². The Morgan fingerprint density at radius 2 is 1.94 bits per heavy atom. The maximum absolute atomic E-state index is 10.9. The molecule has 5 heteroatoms. The summed E-state index contributed by atoms with van der Waals surface area (Å²) >= 11 is 5.75. The molecule has 1 N–H and O–H groups in total. The van der Waals surface area contributed by atoms with E-state index in [2.05, 4.69) is 9.97 Å². The lowest BCUT2D eigenvalue weighted by Crippen LogP contribution is -2.03. The molecule has 1 aromatic heterocycles. The van der Waals surface area contributed by atoms with E-state index in [0.717, 1.165) is 5.56 Å². The summed E-state index contributed by atoms with van der Waals surface area (Å²) in [6.07, 6.45) is 2.68. The van der Waals surface area contributed by atoms with Gasteiger partial charge in [-0.25, -0.2) is 14.8 Å². The highest BCUT2D eigenvalue weighted by molar-refractivity contribution is 6.30. The number of hydrogen-bond donors (Lipinski definition) is 1. The molecule has 0 fully saturated rings.